The number of aromatic nitrogens is 2. The minimum Gasteiger partial charge on any atom is -0.381 e. The van der Waals surface area contributed by atoms with Crippen molar-refractivity contribution in [3.8, 4) is 0 Å². The van der Waals surface area contributed by atoms with E-state index in [1.165, 1.54) is 0 Å². The number of hydrogen-bond acceptors (Lipinski definition) is 5. The molecule has 1 aliphatic rings. The fourth-order valence-corrected chi connectivity index (χ4v) is 1.93. The van der Waals surface area contributed by atoms with E-state index in [4.69, 9.17) is 22.1 Å². The Balaban J connectivity index is 1.80. The summed E-state index contributed by atoms with van der Waals surface area (Å²) in [4.78, 5) is 7.83. The highest BCUT2D eigenvalue weighted by molar-refractivity contribution is 6.29. The number of anilines is 2. The molecule has 1 atom stereocenters. The van der Waals surface area contributed by atoms with Gasteiger partial charge in [-0.1, -0.05) is 11.6 Å². The Morgan fingerprint density at radius 2 is 2.44 bits per heavy atom. The van der Waals surface area contributed by atoms with E-state index in [-0.39, 0.29) is 5.95 Å². The van der Waals surface area contributed by atoms with Crippen LogP contribution in [0.25, 0.3) is 0 Å². The fourth-order valence-electron chi connectivity index (χ4n) is 1.74. The van der Waals surface area contributed by atoms with Gasteiger partial charge in [-0.2, -0.15) is 4.98 Å². The van der Waals surface area contributed by atoms with E-state index in [1.54, 1.807) is 6.07 Å². The zero-order valence-electron chi connectivity index (χ0n) is 8.95. The molecule has 1 aromatic heterocycles. The van der Waals surface area contributed by atoms with Crippen molar-refractivity contribution in [2.75, 3.05) is 30.8 Å². The van der Waals surface area contributed by atoms with Crippen molar-refractivity contribution in [2.45, 2.75) is 12.8 Å². The predicted octanol–water partition coefficient (Wildman–Crippen LogP) is 1.55. The van der Waals surface area contributed by atoms with Crippen molar-refractivity contribution in [1.82, 2.24) is 9.97 Å². The summed E-state index contributed by atoms with van der Waals surface area (Å²) in [6.45, 7) is 2.60. The topological polar surface area (TPSA) is 73.1 Å². The molecule has 1 aliphatic heterocycles. The Hall–Kier alpha value is -1.07. The first-order chi connectivity index (χ1) is 7.74. The van der Waals surface area contributed by atoms with Gasteiger partial charge in [-0.15, -0.1) is 0 Å². The molecule has 3 N–H and O–H groups in total. The van der Waals surface area contributed by atoms with Gasteiger partial charge in [0.15, 0.2) is 0 Å². The third-order valence-corrected chi connectivity index (χ3v) is 2.79. The van der Waals surface area contributed by atoms with E-state index in [1.807, 2.05) is 0 Å². The molecule has 0 aromatic carbocycles. The van der Waals surface area contributed by atoms with E-state index in [2.05, 4.69) is 15.3 Å². The molecule has 2 rings (SSSR count). The van der Waals surface area contributed by atoms with Gasteiger partial charge >= 0.3 is 0 Å². The second kappa shape index (κ2) is 5.32. The summed E-state index contributed by atoms with van der Waals surface area (Å²) in [6.07, 6.45) is 2.22. The third kappa shape index (κ3) is 3.21. The van der Waals surface area contributed by atoms with Crippen LogP contribution < -0.4 is 11.1 Å². The summed E-state index contributed by atoms with van der Waals surface area (Å²) in [5.41, 5.74) is 5.49. The van der Waals surface area contributed by atoms with Gasteiger partial charge in [0, 0.05) is 25.8 Å². The monoisotopic (exact) mass is 242 g/mol. The van der Waals surface area contributed by atoms with Gasteiger partial charge < -0.3 is 15.8 Å². The Labute approximate surface area is 99.4 Å². The van der Waals surface area contributed by atoms with Gasteiger partial charge in [0.1, 0.15) is 11.0 Å². The molecule has 0 spiro atoms. The maximum atomic E-state index is 5.77. The lowest BCUT2D eigenvalue weighted by Crippen LogP contribution is -2.10. The van der Waals surface area contributed by atoms with Crippen LogP contribution in [-0.4, -0.2) is 29.7 Å². The maximum Gasteiger partial charge on any atom is 0.223 e. The largest absolute Gasteiger partial charge is 0.381 e. The number of hydrogen-bond donors (Lipinski definition) is 2. The SMILES string of the molecule is Nc1nc(Cl)cc(NCCC2CCOC2)n1. The maximum absolute atomic E-state index is 5.77. The second-order valence-electron chi connectivity index (χ2n) is 3.88. The number of nitrogens with one attached hydrogen (secondary N) is 1. The minimum absolute atomic E-state index is 0.194. The first kappa shape index (κ1) is 11.4. The van der Waals surface area contributed by atoms with Crippen LogP contribution in [0.15, 0.2) is 6.07 Å². The minimum atomic E-state index is 0.194. The van der Waals surface area contributed by atoms with Crippen molar-refractivity contribution in [3.05, 3.63) is 11.2 Å². The Kier molecular flexibility index (Phi) is 3.79. The summed E-state index contributed by atoms with van der Waals surface area (Å²) in [5, 5.41) is 3.54. The molecule has 1 aromatic rings. The molecule has 2 heterocycles. The third-order valence-electron chi connectivity index (χ3n) is 2.59. The van der Waals surface area contributed by atoms with Gasteiger partial charge in [-0.25, -0.2) is 4.98 Å². The van der Waals surface area contributed by atoms with Crippen LogP contribution in [0.3, 0.4) is 0 Å². The smallest absolute Gasteiger partial charge is 0.223 e. The van der Waals surface area contributed by atoms with Crippen molar-refractivity contribution in [2.24, 2.45) is 5.92 Å². The van der Waals surface area contributed by atoms with E-state index in [0.717, 1.165) is 32.6 Å². The second-order valence-corrected chi connectivity index (χ2v) is 4.27. The average molecular weight is 243 g/mol. The van der Waals surface area contributed by atoms with Crippen LogP contribution in [0.2, 0.25) is 5.15 Å². The summed E-state index contributed by atoms with van der Waals surface area (Å²) >= 11 is 5.77. The first-order valence-corrected chi connectivity index (χ1v) is 5.73. The van der Waals surface area contributed by atoms with Gasteiger partial charge in [0.2, 0.25) is 5.95 Å². The van der Waals surface area contributed by atoms with Crippen LogP contribution in [0.1, 0.15) is 12.8 Å². The van der Waals surface area contributed by atoms with Crippen LogP contribution in [-0.2, 0) is 4.74 Å². The van der Waals surface area contributed by atoms with Crippen LogP contribution in [0, 0.1) is 5.92 Å². The summed E-state index contributed by atoms with van der Waals surface area (Å²) < 4.78 is 5.30. The van der Waals surface area contributed by atoms with Gasteiger partial charge in [-0.3, -0.25) is 0 Å². The normalized spacial score (nSPS) is 19.9. The summed E-state index contributed by atoms with van der Waals surface area (Å²) in [6, 6.07) is 1.67. The molecule has 0 aliphatic carbocycles. The molecule has 1 saturated heterocycles. The zero-order chi connectivity index (χ0) is 11.4. The van der Waals surface area contributed by atoms with Crippen LogP contribution in [0.4, 0.5) is 11.8 Å². The van der Waals surface area contributed by atoms with Crippen LogP contribution >= 0.6 is 11.6 Å². The molecule has 88 valence electrons. The lowest BCUT2D eigenvalue weighted by molar-refractivity contribution is 0.185. The molecule has 1 unspecified atom stereocenters. The van der Waals surface area contributed by atoms with Gasteiger partial charge in [0.05, 0.1) is 0 Å². The Morgan fingerprint density at radius 1 is 1.56 bits per heavy atom. The Bertz CT molecular complexity index is 334. The van der Waals surface area contributed by atoms with Crippen LogP contribution in [0.5, 0.6) is 0 Å². The standard InChI is InChI=1S/C10H15ClN4O/c11-8-5-9(15-10(12)14-8)13-3-1-7-2-4-16-6-7/h5,7H,1-4,6H2,(H3,12,13,14,15). The number of nitrogens with zero attached hydrogens (tertiary/aromatic N) is 2. The number of nitrogen functional groups attached to an aromatic ring is 1. The molecule has 16 heavy (non-hydrogen) atoms. The van der Waals surface area contributed by atoms with E-state index < -0.39 is 0 Å². The van der Waals surface area contributed by atoms with Crippen molar-refractivity contribution in [1.29, 1.82) is 0 Å². The molecule has 0 bridgehead atoms. The molecular weight excluding hydrogens is 228 g/mol. The molecule has 0 saturated carbocycles. The molecule has 6 heteroatoms. The van der Waals surface area contributed by atoms with Crippen molar-refractivity contribution in [3.63, 3.8) is 0 Å². The highest BCUT2D eigenvalue weighted by atomic mass is 35.5. The zero-order valence-corrected chi connectivity index (χ0v) is 9.70. The highest BCUT2D eigenvalue weighted by Gasteiger charge is 2.14. The fraction of sp³-hybridized carbons (Fsp3) is 0.600. The highest BCUT2D eigenvalue weighted by Crippen LogP contribution is 2.17. The molecule has 5 nitrogen and oxygen atoms in total. The predicted molar refractivity (Wildman–Crippen MR) is 63.5 cm³/mol. The molecular formula is C10H15ClN4O. The molecule has 0 radical (unpaired) electrons. The summed E-state index contributed by atoms with van der Waals surface area (Å²) in [5.74, 6) is 1.53. The van der Waals surface area contributed by atoms with Crippen molar-refractivity contribution >= 4 is 23.4 Å². The average Bonchev–Trinajstić information content (AvgIpc) is 2.69. The molecule has 1 fully saturated rings. The summed E-state index contributed by atoms with van der Waals surface area (Å²) in [7, 11) is 0. The van der Waals surface area contributed by atoms with Crippen molar-refractivity contribution < 1.29 is 4.74 Å². The number of nitrogens with two attached hydrogens (primary N) is 1. The number of rotatable bonds is 4. The lowest BCUT2D eigenvalue weighted by Gasteiger charge is -2.09. The molecule has 0 amide bonds. The van der Waals surface area contributed by atoms with Gasteiger partial charge in [-0.05, 0) is 18.8 Å². The number of halogens is 1. The first-order valence-electron chi connectivity index (χ1n) is 5.36. The van der Waals surface area contributed by atoms with E-state index in [9.17, 15) is 0 Å². The Morgan fingerprint density at radius 3 is 3.12 bits per heavy atom. The quantitative estimate of drug-likeness (QED) is 0.784. The van der Waals surface area contributed by atoms with E-state index in [0.29, 0.717) is 16.9 Å². The number of ether oxygens (including phenoxy) is 1. The lowest BCUT2D eigenvalue weighted by atomic mass is 10.1. The van der Waals surface area contributed by atoms with Gasteiger partial charge in [0.25, 0.3) is 0 Å². The van der Waals surface area contributed by atoms with E-state index >= 15 is 0 Å².